The van der Waals surface area contributed by atoms with Gasteiger partial charge in [0.25, 0.3) is 5.56 Å². The maximum atomic E-state index is 13.8. The van der Waals surface area contributed by atoms with Crippen molar-refractivity contribution in [2.45, 2.75) is 24.6 Å². The summed E-state index contributed by atoms with van der Waals surface area (Å²) in [6.45, 7) is 2.07. The first-order chi connectivity index (χ1) is 17.8. The van der Waals surface area contributed by atoms with Crippen molar-refractivity contribution in [2.75, 3.05) is 11.9 Å². The number of amidine groups is 1. The van der Waals surface area contributed by atoms with Gasteiger partial charge in [-0.3, -0.25) is 24.4 Å². The standard InChI is InChI=1S/C24H22FN5O6S/c1-2-36-15-10-6-3-7-12(15)19(18-21(33)28-23(35)29-22(18)34)27-24-30-20(32)16(37-24)11-17(31)26-14-9-5-4-8-13(14)25/h3-10,16,19H,2,11H2,1H3,(H,26,31)(H,27,30,32)(H3,28,29,33,34,35)/t16-,19+/m1/s1. The Labute approximate surface area is 213 Å². The molecule has 11 nitrogen and oxygen atoms in total. The number of aromatic hydroxyl groups is 1. The number of ether oxygens (including phenoxy) is 1. The molecule has 3 aromatic rings. The first-order valence-corrected chi connectivity index (χ1v) is 12.0. The number of aliphatic imine (C=N–C) groups is 1. The Balaban J connectivity index is 1.64. The number of nitrogens with one attached hydrogen (secondary N) is 4. The molecule has 0 unspecified atom stereocenters. The van der Waals surface area contributed by atoms with Crippen molar-refractivity contribution < 1.29 is 23.8 Å². The van der Waals surface area contributed by atoms with Crippen molar-refractivity contribution in [1.29, 1.82) is 0 Å². The number of aromatic amines is 2. The van der Waals surface area contributed by atoms with Gasteiger partial charge in [0.1, 0.15) is 28.4 Å². The van der Waals surface area contributed by atoms with Crippen molar-refractivity contribution in [3.8, 4) is 11.6 Å². The lowest BCUT2D eigenvalue weighted by molar-refractivity contribution is -0.122. The molecule has 1 aromatic heterocycles. The van der Waals surface area contributed by atoms with E-state index in [1.165, 1.54) is 18.2 Å². The Bertz CT molecular complexity index is 1490. The quantitative estimate of drug-likeness (QED) is 0.299. The average molecular weight is 528 g/mol. The summed E-state index contributed by atoms with van der Waals surface area (Å²) in [7, 11) is 0. The zero-order valence-electron chi connectivity index (χ0n) is 19.4. The predicted octanol–water partition coefficient (Wildman–Crippen LogP) is 2.01. The van der Waals surface area contributed by atoms with Gasteiger partial charge in [0.2, 0.25) is 17.7 Å². The van der Waals surface area contributed by atoms with Gasteiger partial charge >= 0.3 is 5.69 Å². The molecule has 2 atom stereocenters. The lowest BCUT2D eigenvalue weighted by Gasteiger charge is -2.18. The molecule has 1 saturated heterocycles. The van der Waals surface area contributed by atoms with Crippen LogP contribution in [0.1, 0.15) is 30.5 Å². The molecule has 1 fully saturated rings. The Hall–Kier alpha value is -4.39. The molecule has 2 heterocycles. The highest BCUT2D eigenvalue weighted by atomic mass is 32.2. The van der Waals surface area contributed by atoms with E-state index in [-0.39, 0.29) is 22.8 Å². The molecular weight excluding hydrogens is 505 g/mol. The third-order valence-corrected chi connectivity index (χ3v) is 6.38. The number of benzene rings is 2. The van der Waals surface area contributed by atoms with Crippen molar-refractivity contribution in [3.05, 3.63) is 86.3 Å². The SMILES string of the molecule is CCOc1ccccc1[C@H](N=C1NC(=O)[C@@H](CC(=O)Nc2ccccc2F)S1)c1c(O)[nH]c(=O)[nH]c1=O. The minimum absolute atomic E-state index is 0.00911. The minimum atomic E-state index is -1.18. The number of hydrogen-bond acceptors (Lipinski definition) is 8. The fraction of sp³-hybridized carbons (Fsp3) is 0.208. The molecule has 0 spiro atoms. The Morgan fingerprint density at radius 1 is 1.16 bits per heavy atom. The maximum absolute atomic E-state index is 13.8. The van der Waals surface area contributed by atoms with E-state index >= 15 is 0 Å². The van der Waals surface area contributed by atoms with Gasteiger partial charge in [0, 0.05) is 12.0 Å². The fourth-order valence-electron chi connectivity index (χ4n) is 3.67. The van der Waals surface area contributed by atoms with Crippen LogP contribution in [0.2, 0.25) is 0 Å². The predicted molar refractivity (Wildman–Crippen MR) is 135 cm³/mol. The molecule has 1 aliphatic rings. The summed E-state index contributed by atoms with van der Waals surface area (Å²) >= 11 is 0.942. The van der Waals surface area contributed by atoms with Crippen LogP contribution in [0, 0.1) is 5.82 Å². The fourth-order valence-corrected chi connectivity index (χ4v) is 4.67. The normalized spacial score (nSPS) is 16.9. The number of halogens is 1. The Morgan fingerprint density at radius 3 is 2.62 bits per heavy atom. The van der Waals surface area contributed by atoms with Gasteiger partial charge in [-0.15, -0.1) is 0 Å². The van der Waals surface area contributed by atoms with E-state index in [0.717, 1.165) is 11.8 Å². The van der Waals surface area contributed by atoms with Crippen molar-refractivity contribution >= 4 is 34.4 Å². The Kier molecular flexibility index (Phi) is 7.72. The van der Waals surface area contributed by atoms with Crippen LogP contribution in [0.3, 0.4) is 0 Å². The summed E-state index contributed by atoms with van der Waals surface area (Å²) in [5.74, 6) is -2.01. The molecule has 0 saturated carbocycles. The number of carbonyl (C=O) groups is 2. The zero-order valence-corrected chi connectivity index (χ0v) is 20.2. The van der Waals surface area contributed by atoms with Crippen LogP contribution in [0.15, 0.2) is 63.1 Å². The second-order valence-electron chi connectivity index (χ2n) is 7.81. The third kappa shape index (κ3) is 5.89. The first-order valence-electron chi connectivity index (χ1n) is 11.1. The highest BCUT2D eigenvalue weighted by Crippen LogP contribution is 2.36. The molecule has 0 bridgehead atoms. The molecule has 1 aliphatic heterocycles. The van der Waals surface area contributed by atoms with E-state index in [1.807, 2.05) is 0 Å². The maximum Gasteiger partial charge on any atom is 0.328 e. The molecule has 0 radical (unpaired) electrons. The molecule has 2 amide bonds. The topological polar surface area (TPSA) is 166 Å². The minimum Gasteiger partial charge on any atom is -0.494 e. The number of carbonyl (C=O) groups excluding carboxylic acids is 2. The molecule has 5 N–H and O–H groups in total. The van der Waals surface area contributed by atoms with E-state index in [1.54, 1.807) is 37.3 Å². The smallest absolute Gasteiger partial charge is 0.328 e. The van der Waals surface area contributed by atoms with Gasteiger partial charge in [0.15, 0.2) is 5.17 Å². The Morgan fingerprint density at radius 2 is 1.89 bits per heavy atom. The van der Waals surface area contributed by atoms with Crippen LogP contribution in [0.5, 0.6) is 11.6 Å². The van der Waals surface area contributed by atoms with Gasteiger partial charge < -0.3 is 20.5 Å². The number of H-pyrrole nitrogens is 2. The van der Waals surface area contributed by atoms with E-state index in [4.69, 9.17) is 4.74 Å². The van der Waals surface area contributed by atoms with Crippen LogP contribution in [-0.4, -0.2) is 43.9 Å². The second kappa shape index (κ2) is 11.1. The second-order valence-corrected chi connectivity index (χ2v) is 9.00. The van der Waals surface area contributed by atoms with Crippen LogP contribution in [0.4, 0.5) is 10.1 Å². The van der Waals surface area contributed by atoms with E-state index in [0.29, 0.717) is 17.9 Å². The van der Waals surface area contributed by atoms with Gasteiger partial charge in [-0.05, 0) is 25.1 Å². The van der Waals surface area contributed by atoms with Crippen molar-refractivity contribution in [1.82, 2.24) is 15.3 Å². The van der Waals surface area contributed by atoms with Crippen LogP contribution in [-0.2, 0) is 9.59 Å². The summed E-state index contributed by atoms with van der Waals surface area (Å²) in [4.78, 5) is 58.0. The molecular formula is C24H22FN5O6S. The third-order valence-electron chi connectivity index (χ3n) is 5.29. The number of hydrogen-bond donors (Lipinski definition) is 5. The first kappa shape index (κ1) is 25.7. The number of amides is 2. The molecule has 4 rings (SSSR count). The van der Waals surface area contributed by atoms with Crippen LogP contribution < -0.4 is 26.6 Å². The van der Waals surface area contributed by atoms with Crippen LogP contribution in [0.25, 0.3) is 0 Å². The number of thioether (sulfide) groups is 1. The summed E-state index contributed by atoms with van der Waals surface area (Å²) in [6, 6.07) is 11.1. The number of aromatic nitrogens is 2. The van der Waals surface area contributed by atoms with Gasteiger partial charge in [-0.1, -0.05) is 42.1 Å². The van der Waals surface area contributed by atoms with E-state index < -0.39 is 46.1 Å². The number of para-hydroxylation sites is 2. The zero-order chi connectivity index (χ0) is 26.5. The molecule has 2 aromatic carbocycles. The number of anilines is 1. The average Bonchev–Trinajstić information content (AvgIpc) is 3.18. The summed E-state index contributed by atoms with van der Waals surface area (Å²) in [5, 5.41) is 14.6. The van der Waals surface area contributed by atoms with Gasteiger partial charge in [-0.25, -0.2) is 14.2 Å². The van der Waals surface area contributed by atoms with Crippen LogP contribution >= 0.6 is 11.8 Å². The van der Waals surface area contributed by atoms with Crippen molar-refractivity contribution in [3.63, 3.8) is 0 Å². The largest absolute Gasteiger partial charge is 0.494 e. The summed E-state index contributed by atoms with van der Waals surface area (Å²) in [6.07, 6.45) is -0.269. The highest BCUT2D eigenvalue weighted by molar-refractivity contribution is 8.15. The summed E-state index contributed by atoms with van der Waals surface area (Å²) < 4.78 is 19.5. The lowest BCUT2D eigenvalue weighted by atomic mass is 10.00. The molecule has 37 heavy (non-hydrogen) atoms. The number of nitrogens with zero attached hydrogens (tertiary/aromatic N) is 1. The van der Waals surface area contributed by atoms with E-state index in [9.17, 15) is 28.7 Å². The monoisotopic (exact) mass is 527 g/mol. The van der Waals surface area contributed by atoms with Gasteiger partial charge in [0.05, 0.1) is 12.3 Å². The molecule has 192 valence electrons. The highest BCUT2D eigenvalue weighted by Gasteiger charge is 2.34. The number of rotatable bonds is 8. The van der Waals surface area contributed by atoms with Crippen molar-refractivity contribution in [2.24, 2.45) is 4.99 Å². The lowest BCUT2D eigenvalue weighted by Crippen LogP contribution is -2.29. The molecule has 13 heteroatoms. The molecule has 0 aliphatic carbocycles. The van der Waals surface area contributed by atoms with Gasteiger partial charge in [-0.2, -0.15) is 0 Å². The van der Waals surface area contributed by atoms with E-state index in [2.05, 4.69) is 25.6 Å². The summed E-state index contributed by atoms with van der Waals surface area (Å²) in [5.41, 5.74) is -1.67.